The van der Waals surface area contributed by atoms with Gasteiger partial charge in [-0.05, 0) is 45.2 Å². The summed E-state index contributed by atoms with van der Waals surface area (Å²) in [6, 6.07) is 0. The van der Waals surface area contributed by atoms with Gasteiger partial charge in [0.2, 0.25) is 17.7 Å². The van der Waals surface area contributed by atoms with E-state index in [1.54, 1.807) is 0 Å². The number of nitrogens with zero attached hydrogens (tertiary/aromatic N) is 4. The number of aromatic nitrogens is 2. The van der Waals surface area contributed by atoms with Gasteiger partial charge >= 0.3 is 0 Å². The largest absolute Gasteiger partial charge is 0.343 e. The maximum absolute atomic E-state index is 13.1. The van der Waals surface area contributed by atoms with Crippen molar-refractivity contribution in [2.24, 2.45) is 5.92 Å². The number of carbonyl (C=O) groups excluding carboxylic acids is 2. The lowest BCUT2D eigenvalue weighted by Gasteiger charge is -2.34. The smallest absolute Gasteiger partial charge is 0.240 e. The second-order valence-corrected chi connectivity index (χ2v) is 8.66. The molecule has 1 saturated heterocycles. The van der Waals surface area contributed by atoms with Crippen molar-refractivity contribution in [1.29, 1.82) is 0 Å². The number of nitrogens with one attached hydrogen (secondary N) is 1. The molecule has 30 heavy (non-hydrogen) atoms. The van der Waals surface area contributed by atoms with Crippen LogP contribution in [0.2, 0.25) is 0 Å². The molecule has 3 rings (SSSR count). The van der Waals surface area contributed by atoms with E-state index < -0.39 is 5.54 Å². The summed E-state index contributed by atoms with van der Waals surface area (Å²) < 4.78 is 5.53. The van der Waals surface area contributed by atoms with Crippen molar-refractivity contribution in [1.82, 2.24) is 25.3 Å². The van der Waals surface area contributed by atoms with Gasteiger partial charge in [-0.3, -0.25) is 14.5 Å². The van der Waals surface area contributed by atoms with E-state index in [4.69, 9.17) is 4.52 Å². The molecule has 0 bridgehead atoms. The third-order valence-electron chi connectivity index (χ3n) is 6.65. The van der Waals surface area contributed by atoms with E-state index in [1.165, 1.54) is 0 Å². The quantitative estimate of drug-likeness (QED) is 0.662. The highest BCUT2D eigenvalue weighted by Gasteiger charge is 2.43. The van der Waals surface area contributed by atoms with Crippen molar-refractivity contribution < 1.29 is 14.1 Å². The number of rotatable bonds is 9. The normalized spacial score (nSPS) is 19.4. The first kappa shape index (κ1) is 22.7. The molecule has 1 aliphatic heterocycles. The summed E-state index contributed by atoms with van der Waals surface area (Å²) in [5.74, 6) is 1.43. The average Bonchev–Trinajstić information content (AvgIpc) is 3.42. The highest BCUT2D eigenvalue weighted by atomic mass is 16.5. The maximum atomic E-state index is 13.1. The molecule has 1 saturated carbocycles. The molecule has 2 heterocycles. The van der Waals surface area contributed by atoms with Gasteiger partial charge in [0.05, 0.1) is 6.54 Å². The lowest BCUT2D eigenvalue weighted by atomic mass is 9.91. The number of piperidine rings is 1. The minimum absolute atomic E-state index is 0.0600. The second-order valence-electron chi connectivity index (χ2n) is 8.66. The third-order valence-corrected chi connectivity index (χ3v) is 6.65. The van der Waals surface area contributed by atoms with Gasteiger partial charge in [0.1, 0.15) is 5.54 Å². The first-order valence-electron chi connectivity index (χ1n) is 11.7. The molecular weight excluding hydrogens is 382 g/mol. The molecule has 2 fully saturated rings. The van der Waals surface area contributed by atoms with Gasteiger partial charge in [-0.15, -0.1) is 0 Å². The fourth-order valence-corrected chi connectivity index (χ4v) is 4.64. The lowest BCUT2D eigenvalue weighted by molar-refractivity contribution is -0.136. The molecule has 1 N–H and O–H groups in total. The van der Waals surface area contributed by atoms with Crippen LogP contribution in [0.1, 0.15) is 83.9 Å². The fraction of sp³-hybridized carbons (Fsp3) is 0.818. The van der Waals surface area contributed by atoms with Gasteiger partial charge < -0.3 is 14.7 Å². The van der Waals surface area contributed by atoms with Crippen LogP contribution >= 0.6 is 0 Å². The summed E-state index contributed by atoms with van der Waals surface area (Å²) >= 11 is 0. The number of hydrogen-bond acceptors (Lipinski definition) is 6. The lowest BCUT2D eigenvalue weighted by Crippen LogP contribution is -2.49. The summed E-state index contributed by atoms with van der Waals surface area (Å²) in [4.78, 5) is 34.0. The zero-order valence-electron chi connectivity index (χ0n) is 18.8. The Morgan fingerprint density at radius 3 is 2.43 bits per heavy atom. The molecule has 0 unspecified atom stereocenters. The highest BCUT2D eigenvalue weighted by molar-refractivity contribution is 5.80. The molecule has 0 aromatic carbocycles. The van der Waals surface area contributed by atoms with Crippen LogP contribution in [0.3, 0.4) is 0 Å². The number of amides is 2. The van der Waals surface area contributed by atoms with Gasteiger partial charge in [0.15, 0.2) is 5.82 Å². The summed E-state index contributed by atoms with van der Waals surface area (Å²) in [6.45, 7) is 10.1. The summed E-state index contributed by atoms with van der Waals surface area (Å²) in [6.07, 6.45) is 6.67. The Kier molecular flexibility index (Phi) is 7.86. The standard InChI is InChI=1S/C22H37N5O3/c1-4-9-19(28)27-14-10-17(11-15-27)20(29)24-22(12-7-8-13-22)21-23-18(30-25-21)16-26(5-2)6-3/h17H,4-16H2,1-3H3,(H,24,29). The predicted octanol–water partition coefficient (Wildman–Crippen LogP) is 2.84. The molecule has 1 aromatic rings. The minimum Gasteiger partial charge on any atom is -0.343 e. The van der Waals surface area contributed by atoms with Crippen LogP contribution in [-0.4, -0.2) is 57.9 Å². The average molecular weight is 420 g/mol. The van der Waals surface area contributed by atoms with Crippen LogP contribution in [0.15, 0.2) is 4.52 Å². The van der Waals surface area contributed by atoms with Gasteiger partial charge in [-0.25, -0.2) is 0 Å². The topological polar surface area (TPSA) is 91.6 Å². The molecule has 1 aliphatic carbocycles. The number of likely N-dealkylation sites (tertiary alicyclic amines) is 1. The molecule has 2 amide bonds. The van der Waals surface area contributed by atoms with Crippen molar-refractivity contribution in [3.63, 3.8) is 0 Å². The Hall–Kier alpha value is -1.96. The van der Waals surface area contributed by atoms with E-state index in [2.05, 4.69) is 34.2 Å². The summed E-state index contributed by atoms with van der Waals surface area (Å²) in [7, 11) is 0. The molecule has 8 nitrogen and oxygen atoms in total. The first-order chi connectivity index (χ1) is 14.5. The van der Waals surface area contributed by atoms with Gasteiger partial charge in [0.25, 0.3) is 0 Å². The van der Waals surface area contributed by atoms with Crippen LogP contribution < -0.4 is 5.32 Å². The Morgan fingerprint density at radius 2 is 1.83 bits per heavy atom. The SMILES string of the molecule is CCCC(=O)N1CCC(C(=O)NC2(c3noc(CN(CC)CC)n3)CCCC2)CC1. The summed E-state index contributed by atoms with van der Waals surface area (Å²) in [5, 5.41) is 7.57. The van der Waals surface area contributed by atoms with Crippen LogP contribution in [0.25, 0.3) is 0 Å². The molecule has 0 radical (unpaired) electrons. The Labute approximate surface area is 179 Å². The highest BCUT2D eigenvalue weighted by Crippen LogP contribution is 2.38. The first-order valence-corrected chi connectivity index (χ1v) is 11.7. The Morgan fingerprint density at radius 1 is 1.17 bits per heavy atom. The molecule has 8 heteroatoms. The van der Waals surface area contributed by atoms with Crippen LogP contribution in [0.4, 0.5) is 0 Å². The molecule has 2 aliphatic rings. The monoisotopic (exact) mass is 419 g/mol. The molecular formula is C22H37N5O3. The third kappa shape index (κ3) is 5.20. The maximum Gasteiger partial charge on any atom is 0.240 e. The van der Waals surface area contributed by atoms with E-state index in [9.17, 15) is 9.59 Å². The van der Waals surface area contributed by atoms with Crippen molar-refractivity contribution in [3.8, 4) is 0 Å². The van der Waals surface area contributed by atoms with Crippen molar-refractivity contribution in [3.05, 3.63) is 11.7 Å². The van der Waals surface area contributed by atoms with E-state index >= 15 is 0 Å². The Bertz CT molecular complexity index is 701. The van der Waals surface area contributed by atoms with E-state index in [-0.39, 0.29) is 17.7 Å². The second kappa shape index (κ2) is 10.4. The number of carbonyl (C=O) groups is 2. The Balaban J connectivity index is 1.62. The molecule has 0 atom stereocenters. The van der Waals surface area contributed by atoms with E-state index in [0.717, 1.165) is 58.0 Å². The van der Waals surface area contributed by atoms with E-state index in [1.807, 2.05) is 11.8 Å². The van der Waals surface area contributed by atoms with Crippen LogP contribution in [-0.2, 0) is 21.7 Å². The zero-order valence-corrected chi connectivity index (χ0v) is 18.8. The summed E-state index contributed by atoms with van der Waals surface area (Å²) in [5.41, 5.74) is -0.517. The van der Waals surface area contributed by atoms with Crippen molar-refractivity contribution in [2.75, 3.05) is 26.2 Å². The fourth-order valence-electron chi connectivity index (χ4n) is 4.64. The predicted molar refractivity (Wildman–Crippen MR) is 113 cm³/mol. The molecule has 168 valence electrons. The zero-order chi connectivity index (χ0) is 21.6. The number of hydrogen-bond donors (Lipinski definition) is 1. The van der Waals surface area contributed by atoms with Crippen molar-refractivity contribution in [2.45, 2.75) is 84.2 Å². The van der Waals surface area contributed by atoms with Crippen LogP contribution in [0, 0.1) is 5.92 Å². The van der Waals surface area contributed by atoms with Gasteiger partial charge in [0, 0.05) is 25.4 Å². The molecule has 0 spiro atoms. The van der Waals surface area contributed by atoms with Crippen LogP contribution in [0.5, 0.6) is 0 Å². The van der Waals surface area contributed by atoms with Crippen molar-refractivity contribution >= 4 is 11.8 Å². The van der Waals surface area contributed by atoms with E-state index in [0.29, 0.717) is 37.8 Å². The minimum atomic E-state index is -0.517. The van der Waals surface area contributed by atoms with Gasteiger partial charge in [-0.1, -0.05) is 38.8 Å². The van der Waals surface area contributed by atoms with Gasteiger partial charge in [-0.2, -0.15) is 4.98 Å². The molecule has 1 aromatic heterocycles.